The van der Waals surface area contributed by atoms with Crippen LogP contribution in [0.2, 0.25) is 0 Å². The van der Waals surface area contributed by atoms with Gasteiger partial charge in [-0.25, -0.2) is 4.79 Å². The molecule has 0 bridgehead atoms. The molecule has 0 N–H and O–H groups in total. The number of carbonyl (C=O) groups is 2. The predicted molar refractivity (Wildman–Crippen MR) is 85.2 cm³/mol. The lowest BCUT2D eigenvalue weighted by atomic mass is 9.99. The maximum atomic E-state index is 12.6. The Hall–Kier alpha value is -2.02. The molecular formula is C17H24N2O5. The molecule has 24 heavy (non-hydrogen) atoms. The number of hydrogen-bond acceptors (Lipinski definition) is 5. The van der Waals surface area contributed by atoms with Gasteiger partial charge in [0.1, 0.15) is 11.4 Å². The summed E-state index contributed by atoms with van der Waals surface area (Å²) in [7, 11) is 0. The SMILES string of the molecule is CC(C)(C)OC(=O)N1CC2(C1)OCCCN2C(=O)Cc1ccco1. The molecule has 0 saturated carbocycles. The van der Waals surface area contributed by atoms with E-state index >= 15 is 0 Å². The van der Waals surface area contributed by atoms with Crippen molar-refractivity contribution in [2.45, 2.75) is 44.9 Å². The lowest BCUT2D eigenvalue weighted by molar-refractivity contribution is -0.242. The van der Waals surface area contributed by atoms with Crippen LogP contribution in [0.1, 0.15) is 33.0 Å². The van der Waals surface area contributed by atoms with Crippen LogP contribution < -0.4 is 0 Å². The van der Waals surface area contributed by atoms with E-state index in [4.69, 9.17) is 13.9 Å². The topological polar surface area (TPSA) is 72.2 Å². The van der Waals surface area contributed by atoms with Crippen molar-refractivity contribution < 1.29 is 23.5 Å². The van der Waals surface area contributed by atoms with Gasteiger partial charge in [0.25, 0.3) is 0 Å². The Bertz CT molecular complexity index is 599. The molecular weight excluding hydrogens is 312 g/mol. The van der Waals surface area contributed by atoms with Crippen molar-refractivity contribution in [1.29, 1.82) is 0 Å². The Morgan fingerprint density at radius 1 is 1.33 bits per heavy atom. The molecule has 2 saturated heterocycles. The van der Waals surface area contributed by atoms with Crippen LogP contribution in [0.4, 0.5) is 4.79 Å². The fraction of sp³-hybridized carbons (Fsp3) is 0.647. The summed E-state index contributed by atoms with van der Waals surface area (Å²) in [4.78, 5) is 28.1. The van der Waals surface area contributed by atoms with Gasteiger partial charge in [0.15, 0.2) is 5.72 Å². The average Bonchev–Trinajstić information content (AvgIpc) is 2.95. The second kappa shape index (κ2) is 6.12. The Labute approximate surface area is 141 Å². The van der Waals surface area contributed by atoms with E-state index in [1.165, 1.54) is 0 Å². The van der Waals surface area contributed by atoms with E-state index in [9.17, 15) is 9.59 Å². The van der Waals surface area contributed by atoms with E-state index < -0.39 is 11.3 Å². The van der Waals surface area contributed by atoms with Crippen LogP contribution in [0.15, 0.2) is 22.8 Å². The summed E-state index contributed by atoms with van der Waals surface area (Å²) >= 11 is 0. The van der Waals surface area contributed by atoms with Crippen LogP contribution >= 0.6 is 0 Å². The normalized spacial score (nSPS) is 20.0. The molecule has 1 aromatic heterocycles. The van der Waals surface area contributed by atoms with Gasteiger partial charge < -0.3 is 18.8 Å². The highest BCUT2D eigenvalue weighted by atomic mass is 16.6. The minimum Gasteiger partial charge on any atom is -0.469 e. The standard InChI is InChI=1S/C17H24N2O5/c1-16(2,3)24-15(21)18-11-17(12-18)19(7-5-9-23-17)14(20)10-13-6-4-8-22-13/h4,6,8H,5,7,9-12H2,1-3H3. The molecule has 3 heterocycles. The lowest BCUT2D eigenvalue weighted by Crippen LogP contribution is -2.75. The highest BCUT2D eigenvalue weighted by Crippen LogP contribution is 2.34. The van der Waals surface area contributed by atoms with Gasteiger partial charge in [0.05, 0.1) is 32.4 Å². The molecule has 1 spiro atoms. The number of furan rings is 1. The summed E-state index contributed by atoms with van der Waals surface area (Å²) in [5, 5.41) is 0. The summed E-state index contributed by atoms with van der Waals surface area (Å²) in [5.41, 5.74) is -1.26. The van der Waals surface area contributed by atoms with Gasteiger partial charge in [-0.2, -0.15) is 0 Å². The third-order valence-electron chi connectivity index (χ3n) is 4.12. The smallest absolute Gasteiger partial charge is 0.410 e. The van der Waals surface area contributed by atoms with Crippen molar-refractivity contribution in [1.82, 2.24) is 9.80 Å². The van der Waals surface area contributed by atoms with Gasteiger partial charge >= 0.3 is 6.09 Å². The van der Waals surface area contributed by atoms with Crippen LogP contribution in [0.5, 0.6) is 0 Å². The molecule has 0 atom stereocenters. The zero-order valence-corrected chi connectivity index (χ0v) is 14.4. The predicted octanol–water partition coefficient (Wildman–Crippen LogP) is 2.02. The zero-order valence-electron chi connectivity index (χ0n) is 14.4. The van der Waals surface area contributed by atoms with Crippen LogP contribution in [0.25, 0.3) is 0 Å². The first-order valence-electron chi connectivity index (χ1n) is 8.24. The first-order valence-corrected chi connectivity index (χ1v) is 8.24. The molecule has 0 aliphatic carbocycles. The monoisotopic (exact) mass is 336 g/mol. The number of amides is 2. The highest BCUT2D eigenvalue weighted by molar-refractivity contribution is 5.80. The van der Waals surface area contributed by atoms with Crippen molar-refractivity contribution >= 4 is 12.0 Å². The average molecular weight is 336 g/mol. The molecule has 3 rings (SSSR count). The fourth-order valence-electron chi connectivity index (χ4n) is 3.04. The zero-order chi connectivity index (χ0) is 17.4. The van der Waals surface area contributed by atoms with Crippen LogP contribution in [-0.2, 0) is 20.7 Å². The van der Waals surface area contributed by atoms with E-state index in [2.05, 4.69) is 0 Å². The summed E-state index contributed by atoms with van der Waals surface area (Å²) in [5.74, 6) is 0.581. The number of ether oxygens (including phenoxy) is 2. The largest absolute Gasteiger partial charge is 0.469 e. The fourth-order valence-corrected chi connectivity index (χ4v) is 3.04. The number of carbonyl (C=O) groups excluding carboxylic acids is 2. The third kappa shape index (κ3) is 3.40. The summed E-state index contributed by atoms with van der Waals surface area (Å²) < 4.78 is 16.5. The van der Waals surface area contributed by atoms with E-state index in [1.807, 2.05) is 20.8 Å². The Kier molecular flexibility index (Phi) is 4.29. The first kappa shape index (κ1) is 16.8. The van der Waals surface area contributed by atoms with Crippen molar-refractivity contribution in [2.75, 3.05) is 26.2 Å². The molecule has 2 fully saturated rings. The van der Waals surface area contributed by atoms with Crippen molar-refractivity contribution in [3.05, 3.63) is 24.2 Å². The Morgan fingerprint density at radius 3 is 2.71 bits per heavy atom. The van der Waals surface area contributed by atoms with Crippen LogP contribution in [0.3, 0.4) is 0 Å². The number of likely N-dealkylation sites (tertiary alicyclic amines) is 1. The molecule has 2 amide bonds. The Balaban J connectivity index is 1.63. The molecule has 0 radical (unpaired) electrons. The minimum absolute atomic E-state index is 0.0477. The van der Waals surface area contributed by atoms with Crippen LogP contribution in [0, 0.1) is 0 Å². The van der Waals surface area contributed by atoms with Gasteiger partial charge in [0, 0.05) is 6.54 Å². The van der Waals surface area contributed by atoms with Gasteiger partial charge in [-0.15, -0.1) is 0 Å². The molecule has 0 unspecified atom stereocenters. The molecule has 2 aliphatic rings. The second-order valence-corrected chi connectivity index (χ2v) is 7.29. The summed E-state index contributed by atoms with van der Waals surface area (Å²) in [6, 6.07) is 3.54. The number of rotatable bonds is 2. The maximum absolute atomic E-state index is 12.6. The molecule has 7 nitrogen and oxygen atoms in total. The van der Waals surface area contributed by atoms with E-state index in [0.717, 1.165) is 6.42 Å². The quantitative estimate of drug-likeness (QED) is 0.826. The van der Waals surface area contributed by atoms with E-state index in [-0.39, 0.29) is 18.4 Å². The van der Waals surface area contributed by atoms with Gasteiger partial charge in [-0.05, 0) is 39.3 Å². The van der Waals surface area contributed by atoms with Crippen molar-refractivity contribution in [3.8, 4) is 0 Å². The Morgan fingerprint density at radius 2 is 2.08 bits per heavy atom. The van der Waals surface area contributed by atoms with E-state index in [0.29, 0.717) is 32.0 Å². The second-order valence-electron chi connectivity index (χ2n) is 7.29. The molecule has 7 heteroatoms. The summed E-state index contributed by atoms with van der Waals surface area (Å²) in [6.45, 7) is 7.39. The molecule has 1 aromatic rings. The summed E-state index contributed by atoms with van der Waals surface area (Å²) in [6.07, 6.45) is 2.17. The highest BCUT2D eigenvalue weighted by Gasteiger charge is 2.54. The third-order valence-corrected chi connectivity index (χ3v) is 4.12. The minimum atomic E-state index is -0.723. The lowest BCUT2D eigenvalue weighted by Gasteiger charge is -2.56. The van der Waals surface area contributed by atoms with Crippen molar-refractivity contribution in [2.24, 2.45) is 0 Å². The number of nitrogens with zero attached hydrogens (tertiary/aromatic N) is 2. The van der Waals surface area contributed by atoms with Crippen molar-refractivity contribution in [3.63, 3.8) is 0 Å². The van der Waals surface area contributed by atoms with Gasteiger partial charge in [-0.1, -0.05) is 0 Å². The van der Waals surface area contributed by atoms with Crippen LogP contribution in [-0.4, -0.2) is 59.4 Å². The maximum Gasteiger partial charge on any atom is 0.410 e. The molecule has 2 aliphatic heterocycles. The van der Waals surface area contributed by atoms with E-state index in [1.54, 1.807) is 28.2 Å². The molecule has 0 aromatic carbocycles. The number of hydrogen-bond donors (Lipinski definition) is 0. The molecule has 132 valence electrons. The van der Waals surface area contributed by atoms with Gasteiger partial charge in [-0.3, -0.25) is 9.69 Å². The first-order chi connectivity index (χ1) is 11.3. The van der Waals surface area contributed by atoms with Gasteiger partial charge in [0.2, 0.25) is 5.91 Å².